The van der Waals surface area contributed by atoms with Crippen molar-refractivity contribution in [1.29, 1.82) is 0 Å². The van der Waals surface area contributed by atoms with Crippen LogP contribution in [-0.2, 0) is 12.8 Å². The van der Waals surface area contributed by atoms with Crippen LogP contribution in [0.15, 0.2) is 36.7 Å². The number of fused-ring (bicyclic) bond motifs is 1. The molecule has 1 aromatic heterocycles. The third-order valence-electron chi connectivity index (χ3n) is 3.37. The van der Waals surface area contributed by atoms with Gasteiger partial charge in [-0.25, -0.2) is 4.98 Å². The van der Waals surface area contributed by atoms with Gasteiger partial charge in [-0.3, -0.25) is 4.98 Å². The lowest BCUT2D eigenvalue weighted by atomic mass is 9.93. The van der Waals surface area contributed by atoms with Crippen molar-refractivity contribution in [3.05, 3.63) is 47.9 Å². The minimum absolute atomic E-state index is 0.417. The molecule has 1 aliphatic heterocycles. The summed E-state index contributed by atoms with van der Waals surface area (Å²) < 4.78 is 11.0. The van der Waals surface area contributed by atoms with Gasteiger partial charge in [0.15, 0.2) is 0 Å². The lowest BCUT2D eigenvalue weighted by molar-refractivity contribution is 0.219. The van der Waals surface area contributed by atoms with Crippen molar-refractivity contribution < 1.29 is 9.47 Å². The van der Waals surface area contributed by atoms with E-state index < -0.39 is 0 Å². The maximum absolute atomic E-state index is 5.79. The third kappa shape index (κ3) is 2.52. The quantitative estimate of drug-likeness (QED) is 0.845. The molecule has 0 unspecified atom stereocenters. The van der Waals surface area contributed by atoms with Crippen LogP contribution in [0.3, 0.4) is 0 Å². The van der Waals surface area contributed by atoms with Crippen LogP contribution in [0, 0.1) is 5.92 Å². The Morgan fingerprint density at radius 2 is 2.11 bits per heavy atom. The molecule has 0 saturated heterocycles. The van der Waals surface area contributed by atoms with Crippen molar-refractivity contribution in [2.75, 3.05) is 13.7 Å². The molecule has 1 aromatic carbocycles. The first-order valence-corrected chi connectivity index (χ1v) is 6.41. The van der Waals surface area contributed by atoms with Crippen molar-refractivity contribution in [3.63, 3.8) is 0 Å². The number of nitrogens with zero attached hydrogens (tertiary/aromatic N) is 2. The van der Waals surface area contributed by atoms with E-state index in [0.29, 0.717) is 11.8 Å². The Kier molecular flexibility index (Phi) is 3.31. The molecular weight excluding hydrogens is 240 g/mol. The number of hydrogen-bond acceptors (Lipinski definition) is 4. The predicted octanol–water partition coefficient (Wildman–Crippen LogP) is 2.28. The Labute approximate surface area is 112 Å². The first-order valence-electron chi connectivity index (χ1n) is 6.41. The molecule has 4 heteroatoms. The first kappa shape index (κ1) is 12.0. The highest BCUT2D eigenvalue weighted by molar-refractivity contribution is 5.35. The van der Waals surface area contributed by atoms with Crippen LogP contribution >= 0.6 is 0 Å². The Bertz CT molecular complexity index is 572. The molecule has 2 aromatic rings. The Morgan fingerprint density at radius 3 is 3.00 bits per heavy atom. The van der Waals surface area contributed by atoms with E-state index in [1.807, 2.05) is 18.2 Å². The Hall–Kier alpha value is -2.10. The second-order valence-electron chi connectivity index (χ2n) is 4.71. The van der Waals surface area contributed by atoms with Crippen LogP contribution in [0.25, 0.3) is 0 Å². The van der Waals surface area contributed by atoms with Gasteiger partial charge in [0.05, 0.1) is 13.7 Å². The smallest absolute Gasteiger partial charge is 0.235 e. The molecule has 0 radical (unpaired) electrons. The van der Waals surface area contributed by atoms with Crippen LogP contribution in [-0.4, -0.2) is 23.7 Å². The Morgan fingerprint density at radius 1 is 1.26 bits per heavy atom. The summed E-state index contributed by atoms with van der Waals surface area (Å²) in [5, 5.41) is 0. The molecule has 0 aliphatic carbocycles. The van der Waals surface area contributed by atoms with Crippen molar-refractivity contribution in [2.24, 2.45) is 5.92 Å². The molecule has 98 valence electrons. The van der Waals surface area contributed by atoms with E-state index in [-0.39, 0.29) is 0 Å². The number of rotatable bonds is 3. The molecule has 0 bridgehead atoms. The van der Waals surface area contributed by atoms with Crippen molar-refractivity contribution in [3.8, 4) is 11.6 Å². The fourth-order valence-electron chi connectivity index (χ4n) is 2.46. The van der Waals surface area contributed by atoms with Crippen molar-refractivity contribution in [1.82, 2.24) is 9.97 Å². The van der Waals surface area contributed by atoms with Gasteiger partial charge in [0.25, 0.3) is 0 Å². The summed E-state index contributed by atoms with van der Waals surface area (Å²) in [6.07, 6.45) is 5.19. The predicted molar refractivity (Wildman–Crippen MR) is 71.4 cm³/mol. The number of ether oxygens (including phenoxy) is 2. The fraction of sp³-hybridized carbons (Fsp3) is 0.333. The van der Waals surface area contributed by atoms with Crippen LogP contribution in [0.5, 0.6) is 11.6 Å². The summed E-state index contributed by atoms with van der Waals surface area (Å²) in [6, 6.07) is 8.20. The SMILES string of the molecule is COc1nccnc1C[C@@H]1COc2ccccc2C1. The van der Waals surface area contributed by atoms with Gasteiger partial charge in [0.1, 0.15) is 11.4 Å². The van der Waals surface area contributed by atoms with E-state index in [0.717, 1.165) is 30.9 Å². The normalized spacial score (nSPS) is 17.4. The molecule has 1 aliphatic rings. The topological polar surface area (TPSA) is 44.2 Å². The maximum Gasteiger partial charge on any atom is 0.235 e. The Balaban J connectivity index is 1.75. The van der Waals surface area contributed by atoms with Gasteiger partial charge in [0, 0.05) is 24.7 Å². The molecule has 1 atom stereocenters. The molecule has 3 rings (SSSR count). The zero-order chi connectivity index (χ0) is 13.1. The highest BCUT2D eigenvalue weighted by Crippen LogP contribution is 2.29. The largest absolute Gasteiger partial charge is 0.493 e. The lowest BCUT2D eigenvalue weighted by Gasteiger charge is -2.25. The molecule has 4 nitrogen and oxygen atoms in total. The van der Waals surface area contributed by atoms with Gasteiger partial charge >= 0.3 is 0 Å². The van der Waals surface area contributed by atoms with E-state index in [1.165, 1.54) is 5.56 Å². The van der Waals surface area contributed by atoms with Gasteiger partial charge in [-0.2, -0.15) is 0 Å². The minimum atomic E-state index is 0.417. The summed E-state index contributed by atoms with van der Waals surface area (Å²) in [7, 11) is 1.63. The second-order valence-corrected chi connectivity index (χ2v) is 4.71. The van der Waals surface area contributed by atoms with Gasteiger partial charge in [-0.05, 0) is 18.1 Å². The molecule has 0 saturated carbocycles. The summed E-state index contributed by atoms with van der Waals surface area (Å²) in [5.41, 5.74) is 2.17. The molecule has 2 heterocycles. The van der Waals surface area contributed by atoms with Gasteiger partial charge in [0.2, 0.25) is 5.88 Å². The van der Waals surface area contributed by atoms with Crippen molar-refractivity contribution >= 4 is 0 Å². The number of para-hydroxylation sites is 1. The summed E-state index contributed by atoms with van der Waals surface area (Å²) in [5.74, 6) is 2.03. The van der Waals surface area contributed by atoms with E-state index in [2.05, 4.69) is 16.0 Å². The maximum atomic E-state index is 5.79. The summed E-state index contributed by atoms with van der Waals surface area (Å²) in [4.78, 5) is 8.54. The molecule has 19 heavy (non-hydrogen) atoms. The second kappa shape index (κ2) is 5.26. The molecule has 0 spiro atoms. The molecule has 0 fully saturated rings. The zero-order valence-corrected chi connectivity index (χ0v) is 10.9. The zero-order valence-electron chi connectivity index (χ0n) is 10.9. The van der Waals surface area contributed by atoms with Crippen molar-refractivity contribution in [2.45, 2.75) is 12.8 Å². The average Bonchev–Trinajstić information content (AvgIpc) is 2.48. The van der Waals surface area contributed by atoms with E-state index in [9.17, 15) is 0 Å². The van der Waals surface area contributed by atoms with Crippen LogP contribution < -0.4 is 9.47 Å². The monoisotopic (exact) mass is 256 g/mol. The van der Waals surface area contributed by atoms with Crippen LogP contribution in [0.2, 0.25) is 0 Å². The van der Waals surface area contributed by atoms with Crippen LogP contribution in [0.1, 0.15) is 11.3 Å². The number of hydrogen-bond donors (Lipinski definition) is 0. The number of aromatic nitrogens is 2. The molecule has 0 N–H and O–H groups in total. The molecule has 0 amide bonds. The highest BCUT2D eigenvalue weighted by Gasteiger charge is 2.21. The van der Waals surface area contributed by atoms with E-state index in [1.54, 1.807) is 19.5 Å². The van der Waals surface area contributed by atoms with Gasteiger partial charge < -0.3 is 9.47 Å². The van der Waals surface area contributed by atoms with Crippen LogP contribution in [0.4, 0.5) is 0 Å². The minimum Gasteiger partial charge on any atom is -0.493 e. The standard InChI is InChI=1S/C15H16N2O2/c1-18-15-13(16-6-7-17-15)9-11-8-12-4-2-3-5-14(12)19-10-11/h2-7,11H,8-10H2,1H3/t11-/m1/s1. The van der Waals surface area contributed by atoms with E-state index in [4.69, 9.17) is 9.47 Å². The van der Waals surface area contributed by atoms with Gasteiger partial charge in [-0.1, -0.05) is 18.2 Å². The molecular formula is C15H16N2O2. The first-order chi connectivity index (χ1) is 9.36. The third-order valence-corrected chi connectivity index (χ3v) is 3.37. The average molecular weight is 256 g/mol. The summed E-state index contributed by atoms with van der Waals surface area (Å²) in [6.45, 7) is 0.719. The number of benzene rings is 1. The lowest BCUT2D eigenvalue weighted by Crippen LogP contribution is -2.23. The fourth-order valence-corrected chi connectivity index (χ4v) is 2.46. The highest BCUT2D eigenvalue weighted by atomic mass is 16.5. The van der Waals surface area contributed by atoms with Gasteiger partial charge in [-0.15, -0.1) is 0 Å². The number of methoxy groups -OCH3 is 1. The summed E-state index contributed by atoms with van der Waals surface area (Å²) >= 11 is 0. The van der Waals surface area contributed by atoms with E-state index >= 15 is 0 Å².